The van der Waals surface area contributed by atoms with E-state index in [-0.39, 0.29) is 19.0 Å². The quantitative estimate of drug-likeness (QED) is 0.527. The molecule has 0 aliphatic heterocycles. The molecule has 0 saturated carbocycles. The van der Waals surface area contributed by atoms with Crippen LogP contribution in [0.5, 0.6) is 0 Å². The van der Waals surface area contributed by atoms with Gasteiger partial charge in [-0.1, -0.05) is 12.7 Å². The van der Waals surface area contributed by atoms with Crippen LogP contribution in [0.25, 0.3) is 0 Å². The number of aliphatic imine (C=N–C) groups is 1. The Kier molecular flexibility index (Phi) is 8.08. The maximum absolute atomic E-state index is 11.3. The van der Waals surface area contributed by atoms with Crippen LogP contribution < -0.4 is 10.2 Å². The van der Waals surface area contributed by atoms with Gasteiger partial charge < -0.3 is 9.64 Å². The average molecular weight is 298 g/mol. The van der Waals surface area contributed by atoms with Crippen molar-refractivity contribution in [2.75, 3.05) is 30.9 Å². The van der Waals surface area contributed by atoms with Crippen molar-refractivity contribution < 1.29 is 9.53 Å². The largest absolute Gasteiger partial charge is 0.445 e. The molecule has 5 nitrogen and oxygen atoms in total. The Morgan fingerprint density at radius 1 is 1.45 bits per heavy atom. The molecule has 6 heteroatoms. The van der Waals surface area contributed by atoms with Gasteiger partial charge in [-0.25, -0.2) is 4.79 Å². The molecule has 1 N–H and O–H groups in total. The van der Waals surface area contributed by atoms with Crippen LogP contribution in [-0.2, 0) is 4.74 Å². The summed E-state index contributed by atoms with van der Waals surface area (Å²) in [6.07, 6.45) is 1.03. The van der Waals surface area contributed by atoms with Crippen molar-refractivity contribution in [1.29, 1.82) is 0 Å². The molecule has 1 rings (SSSR count). The molecule has 0 aromatic heterocycles. The Morgan fingerprint density at radius 3 is 2.55 bits per heavy atom. The van der Waals surface area contributed by atoms with Crippen molar-refractivity contribution in [2.45, 2.75) is 6.92 Å². The lowest BCUT2D eigenvalue weighted by molar-refractivity contribution is 0.174. The van der Waals surface area contributed by atoms with E-state index in [0.29, 0.717) is 5.69 Å². The fraction of sp³-hybridized carbons (Fsp3) is 0.286. The number of ether oxygens (including phenoxy) is 1. The van der Waals surface area contributed by atoms with Gasteiger partial charge in [0.05, 0.1) is 5.84 Å². The smallest absolute Gasteiger partial charge is 0.411 e. The summed E-state index contributed by atoms with van der Waals surface area (Å²) in [5, 5.41) is 2.63. The van der Waals surface area contributed by atoms with Crippen molar-refractivity contribution in [3.63, 3.8) is 0 Å². The zero-order valence-corrected chi connectivity index (χ0v) is 12.7. The second kappa shape index (κ2) is 8.98. The zero-order valence-electron chi connectivity index (χ0n) is 11.9. The number of amides is 1. The second-order valence-corrected chi connectivity index (χ2v) is 3.89. The molecule has 0 heterocycles. The number of carbonyl (C=O) groups excluding carboxylic acids is 1. The fourth-order valence-corrected chi connectivity index (χ4v) is 1.39. The number of anilines is 2. The van der Waals surface area contributed by atoms with Gasteiger partial charge in [0, 0.05) is 25.5 Å². The van der Waals surface area contributed by atoms with Gasteiger partial charge in [-0.15, -0.1) is 12.4 Å². The molecule has 0 unspecified atom stereocenters. The third-order valence-electron chi connectivity index (χ3n) is 2.64. The van der Waals surface area contributed by atoms with Gasteiger partial charge in [0.15, 0.2) is 0 Å². The van der Waals surface area contributed by atoms with E-state index < -0.39 is 6.09 Å². The molecule has 0 aliphatic rings. The molecule has 0 aliphatic carbocycles. The summed E-state index contributed by atoms with van der Waals surface area (Å²) in [6.45, 7) is 5.60. The third kappa shape index (κ3) is 5.32. The number of halogens is 1. The van der Waals surface area contributed by atoms with E-state index in [1.54, 1.807) is 7.05 Å². The van der Waals surface area contributed by atoms with Crippen molar-refractivity contribution >= 4 is 35.7 Å². The molecule has 1 aromatic rings. The predicted molar refractivity (Wildman–Crippen MR) is 86.3 cm³/mol. The lowest BCUT2D eigenvalue weighted by Crippen LogP contribution is -2.23. The van der Waals surface area contributed by atoms with Crippen LogP contribution in [0.3, 0.4) is 0 Å². The highest BCUT2D eigenvalue weighted by Gasteiger charge is 2.05. The van der Waals surface area contributed by atoms with Crippen molar-refractivity contribution in [3.05, 3.63) is 36.9 Å². The number of benzene rings is 1. The lowest BCUT2D eigenvalue weighted by atomic mass is 10.2. The van der Waals surface area contributed by atoms with E-state index in [2.05, 4.69) is 16.9 Å². The summed E-state index contributed by atoms with van der Waals surface area (Å²) >= 11 is 0. The Hall–Kier alpha value is -2.01. The minimum Gasteiger partial charge on any atom is -0.445 e. The summed E-state index contributed by atoms with van der Waals surface area (Å²) in [5.74, 6) is 0.908. The molecule has 1 aromatic carbocycles. The highest BCUT2D eigenvalue weighted by atomic mass is 35.5. The third-order valence-corrected chi connectivity index (χ3v) is 2.64. The summed E-state index contributed by atoms with van der Waals surface area (Å²) in [5.41, 5.74) is 1.67. The van der Waals surface area contributed by atoms with Gasteiger partial charge in [-0.2, -0.15) is 0 Å². The lowest BCUT2D eigenvalue weighted by Gasteiger charge is -2.18. The minimum absolute atomic E-state index is 0. The number of nitrogens with zero attached hydrogens (tertiary/aromatic N) is 2. The van der Waals surface area contributed by atoms with Crippen LogP contribution in [-0.4, -0.2) is 32.6 Å². The molecular formula is C14H20ClN3O2. The average Bonchev–Trinajstić information content (AvgIpc) is 2.44. The number of nitrogens with one attached hydrogen (secondary N) is 1. The van der Waals surface area contributed by atoms with Crippen LogP contribution in [0, 0.1) is 0 Å². The first kappa shape index (κ1) is 18.0. The molecule has 0 radical (unpaired) electrons. The van der Waals surface area contributed by atoms with Crippen LogP contribution in [0.15, 0.2) is 41.9 Å². The zero-order chi connectivity index (χ0) is 14.3. The highest BCUT2D eigenvalue weighted by Crippen LogP contribution is 2.17. The fourth-order valence-electron chi connectivity index (χ4n) is 1.39. The molecule has 0 fully saturated rings. The van der Waals surface area contributed by atoms with E-state index in [9.17, 15) is 4.79 Å². The molecule has 0 atom stereocenters. The second-order valence-electron chi connectivity index (χ2n) is 3.89. The summed E-state index contributed by atoms with van der Waals surface area (Å²) in [6, 6.07) is 7.42. The topological polar surface area (TPSA) is 53.9 Å². The Morgan fingerprint density at radius 2 is 2.05 bits per heavy atom. The van der Waals surface area contributed by atoms with Crippen LogP contribution >= 0.6 is 12.4 Å². The van der Waals surface area contributed by atoms with Crippen LogP contribution in [0.4, 0.5) is 16.2 Å². The van der Waals surface area contributed by atoms with Crippen molar-refractivity contribution in [3.8, 4) is 0 Å². The van der Waals surface area contributed by atoms with Gasteiger partial charge in [-0.05, 0) is 31.2 Å². The van der Waals surface area contributed by atoms with Gasteiger partial charge >= 0.3 is 6.09 Å². The summed E-state index contributed by atoms with van der Waals surface area (Å²) in [4.78, 5) is 17.4. The van der Waals surface area contributed by atoms with Crippen molar-refractivity contribution in [2.24, 2.45) is 4.99 Å². The molecule has 0 bridgehead atoms. The first-order valence-electron chi connectivity index (χ1n) is 5.90. The van der Waals surface area contributed by atoms with E-state index in [1.807, 2.05) is 43.1 Å². The van der Waals surface area contributed by atoms with E-state index in [4.69, 9.17) is 4.74 Å². The molecule has 1 amide bonds. The van der Waals surface area contributed by atoms with Gasteiger partial charge in [0.1, 0.15) is 6.61 Å². The van der Waals surface area contributed by atoms with Crippen LogP contribution in [0.2, 0.25) is 0 Å². The predicted octanol–water partition coefficient (Wildman–Crippen LogP) is 3.33. The van der Waals surface area contributed by atoms with E-state index in [0.717, 1.165) is 11.5 Å². The number of amidine groups is 1. The van der Waals surface area contributed by atoms with Gasteiger partial charge in [0.25, 0.3) is 0 Å². The molecule has 110 valence electrons. The maximum atomic E-state index is 11.3. The Balaban J connectivity index is 0.00000361. The normalized spacial score (nSPS) is 10.2. The molecular weight excluding hydrogens is 278 g/mol. The Bertz CT molecular complexity index is 472. The minimum atomic E-state index is -0.493. The van der Waals surface area contributed by atoms with Gasteiger partial charge in [0.2, 0.25) is 0 Å². The number of rotatable bonds is 4. The highest BCUT2D eigenvalue weighted by molar-refractivity contribution is 5.95. The molecule has 0 spiro atoms. The number of hydrogen-bond acceptors (Lipinski definition) is 3. The standard InChI is InChI=1S/C14H19N3O2.ClH/c1-5-10-19-14(18)16-12-6-8-13(9-7-12)17(4)11(2)15-3;/h5-9H,1,10H2,2-4H3,(H,16,18);1H. The van der Waals surface area contributed by atoms with Crippen LogP contribution in [0.1, 0.15) is 6.92 Å². The number of hydrogen-bond donors (Lipinski definition) is 1. The Labute approximate surface area is 125 Å². The number of carbonyl (C=O) groups is 1. The maximum Gasteiger partial charge on any atom is 0.411 e. The van der Waals surface area contributed by atoms with E-state index >= 15 is 0 Å². The SMILES string of the molecule is C=CCOC(=O)Nc1ccc(N(C)C(C)=NC)cc1.Cl. The first-order chi connectivity index (χ1) is 9.08. The first-order valence-corrected chi connectivity index (χ1v) is 5.90. The summed E-state index contributed by atoms with van der Waals surface area (Å²) in [7, 11) is 3.68. The monoisotopic (exact) mass is 297 g/mol. The summed E-state index contributed by atoms with van der Waals surface area (Å²) < 4.78 is 4.83. The van der Waals surface area contributed by atoms with Gasteiger partial charge in [-0.3, -0.25) is 10.3 Å². The molecule has 0 saturated heterocycles. The van der Waals surface area contributed by atoms with E-state index in [1.165, 1.54) is 6.08 Å². The molecule has 20 heavy (non-hydrogen) atoms. The van der Waals surface area contributed by atoms with Crippen molar-refractivity contribution in [1.82, 2.24) is 0 Å².